The quantitative estimate of drug-likeness (QED) is 0.715. The highest BCUT2D eigenvalue weighted by Gasteiger charge is 2.35. The molecule has 0 spiro atoms. The Labute approximate surface area is 184 Å². The third-order valence-electron chi connectivity index (χ3n) is 6.09. The van der Waals surface area contributed by atoms with Crippen molar-refractivity contribution in [2.24, 2.45) is 0 Å². The maximum absolute atomic E-state index is 13.1. The van der Waals surface area contributed by atoms with Crippen LogP contribution in [0.2, 0.25) is 0 Å². The number of piperidine rings is 1. The van der Waals surface area contributed by atoms with Gasteiger partial charge in [0.05, 0.1) is 14.2 Å². The van der Waals surface area contributed by atoms with E-state index >= 15 is 0 Å². The number of benzene rings is 1. The normalized spacial score (nSPS) is 17.8. The van der Waals surface area contributed by atoms with Crippen molar-refractivity contribution in [1.82, 2.24) is 15.1 Å². The van der Waals surface area contributed by atoms with Crippen LogP contribution in [0.25, 0.3) is 0 Å². The fourth-order valence-electron chi connectivity index (χ4n) is 4.38. The molecule has 0 radical (unpaired) electrons. The van der Waals surface area contributed by atoms with Crippen LogP contribution in [0, 0.1) is 0 Å². The van der Waals surface area contributed by atoms with Gasteiger partial charge in [0, 0.05) is 56.6 Å². The van der Waals surface area contributed by atoms with E-state index < -0.39 is 0 Å². The highest BCUT2D eigenvalue weighted by molar-refractivity contribution is 5.95. The van der Waals surface area contributed by atoms with Gasteiger partial charge in [-0.3, -0.25) is 4.79 Å². The fraction of sp³-hybridized carbons (Fsp3) is 0.652. The topological polar surface area (TPSA) is 80.3 Å². The van der Waals surface area contributed by atoms with Crippen molar-refractivity contribution in [1.29, 1.82) is 0 Å². The molecule has 3 rings (SSSR count). The molecule has 1 aromatic carbocycles. The van der Waals surface area contributed by atoms with Crippen molar-refractivity contribution in [2.75, 3.05) is 47.1 Å². The number of nitrogens with zero attached hydrogens (tertiary/aromatic N) is 2. The standard InChI is InChI=1S/C23H35N3O5/c1-4-9-24-23(28)26(19-7-12-31-13-8-19)18-5-10-25(11-6-18)22(27)17-14-20(29-2)16-21(15-17)30-3/h14-16,18-19H,4-13H2,1-3H3,(H,24,28). The summed E-state index contributed by atoms with van der Waals surface area (Å²) in [5.41, 5.74) is 0.552. The Morgan fingerprint density at radius 2 is 1.61 bits per heavy atom. The van der Waals surface area contributed by atoms with Gasteiger partial charge >= 0.3 is 6.03 Å². The Bertz CT molecular complexity index is 720. The summed E-state index contributed by atoms with van der Waals surface area (Å²) in [4.78, 5) is 29.9. The first-order valence-electron chi connectivity index (χ1n) is 11.2. The zero-order valence-electron chi connectivity index (χ0n) is 18.9. The lowest BCUT2D eigenvalue weighted by Crippen LogP contribution is -2.56. The van der Waals surface area contributed by atoms with Crippen molar-refractivity contribution in [3.8, 4) is 11.5 Å². The van der Waals surface area contributed by atoms with E-state index in [2.05, 4.69) is 12.2 Å². The molecule has 2 fully saturated rings. The lowest BCUT2D eigenvalue weighted by Gasteiger charge is -2.43. The number of amides is 3. The number of likely N-dealkylation sites (tertiary alicyclic amines) is 1. The average Bonchev–Trinajstić information content (AvgIpc) is 2.83. The first-order valence-corrected chi connectivity index (χ1v) is 11.2. The molecule has 2 heterocycles. The molecule has 31 heavy (non-hydrogen) atoms. The molecule has 2 saturated heterocycles. The van der Waals surface area contributed by atoms with Gasteiger partial charge in [-0.15, -0.1) is 0 Å². The van der Waals surface area contributed by atoms with Crippen LogP contribution in [0.3, 0.4) is 0 Å². The molecule has 8 heteroatoms. The smallest absolute Gasteiger partial charge is 0.317 e. The van der Waals surface area contributed by atoms with Gasteiger partial charge in [-0.1, -0.05) is 6.92 Å². The molecule has 0 bridgehead atoms. The summed E-state index contributed by atoms with van der Waals surface area (Å²) in [7, 11) is 3.14. The number of methoxy groups -OCH3 is 2. The molecule has 8 nitrogen and oxygen atoms in total. The summed E-state index contributed by atoms with van der Waals surface area (Å²) in [6.45, 7) is 5.34. The van der Waals surface area contributed by atoms with Crippen molar-refractivity contribution in [3.05, 3.63) is 23.8 Å². The molecule has 3 amide bonds. The van der Waals surface area contributed by atoms with Gasteiger partial charge in [-0.05, 0) is 44.2 Å². The Balaban J connectivity index is 1.67. The van der Waals surface area contributed by atoms with E-state index in [4.69, 9.17) is 14.2 Å². The van der Waals surface area contributed by atoms with Gasteiger partial charge in [0.1, 0.15) is 11.5 Å². The molecule has 0 atom stereocenters. The van der Waals surface area contributed by atoms with E-state index in [9.17, 15) is 9.59 Å². The molecule has 1 aromatic rings. The second-order valence-corrected chi connectivity index (χ2v) is 8.11. The zero-order chi connectivity index (χ0) is 22.2. The Morgan fingerprint density at radius 3 is 2.16 bits per heavy atom. The SMILES string of the molecule is CCCNC(=O)N(C1CCOCC1)C1CCN(C(=O)c2cc(OC)cc(OC)c2)CC1. The highest BCUT2D eigenvalue weighted by Crippen LogP contribution is 2.27. The van der Waals surface area contributed by atoms with E-state index in [1.807, 2.05) is 9.80 Å². The predicted molar refractivity (Wildman–Crippen MR) is 118 cm³/mol. The monoisotopic (exact) mass is 433 g/mol. The first-order chi connectivity index (χ1) is 15.1. The van der Waals surface area contributed by atoms with Crippen LogP contribution in [0.1, 0.15) is 49.4 Å². The van der Waals surface area contributed by atoms with Crippen molar-refractivity contribution in [2.45, 2.75) is 51.1 Å². The predicted octanol–water partition coefficient (Wildman–Crippen LogP) is 2.91. The van der Waals surface area contributed by atoms with Gasteiger partial charge in [0.25, 0.3) is 5.91 Å². The first kappa shape index (κ1) is 23.2. The van der Waals surface area contributed by atoms with Crippen molar-refractivity contribution in [3.63, 3.8) is 0 Å². The average molecular weight is 434 g/mol. The Morgan fingerprint density at radius 1 is 1.03 bits per heavy atom. The van der Waals surface area contributed by atoms with Crippen LogP contribution in [0.4, 0.5) is 4.79 Å². The number of hydrogen-bond acceptors (Lipinski definition) is 5. The lowest BCUT2D eigenvalue weighted by molar-refractivity contribution is 0.0209. The highest BCUT2D eigenvalue weighted by atomic mass is 16.5. The third-order valence-corrected chi connectivity index (χ3v) is 6.09. The van der Waals surface area contributed by atoms with Crippen LogP contribution in [0.15, 0.2) is 18.2 Å². The summed E-state index contributed by atoms with van der Waals surface area (Å²) >= 11 is 0. The Kier molecular flexibility index (Phi) is 8.40. The molecule has 0 aromatic heterocycles. The number of rotatable bonds is 7. The number of urea groups is 1. The van der Waals surface area contributed by atoms with Crippen molar-refractivity contribution >= 4 is 11.9 Å². The summed E-state index contributed by atoms with van der Waals surface area (Å²) in [6.07, 6.45) is 4.17. The van der Waals surface area contributed by atoms with Crippen molar-refractivity contribution < 1.29 is 23.8 Å². The molecular weight excluding hydrogens is 398 g/mol. The molecule has 0 saturated carbocycles. The molecule has 1 N–H and O–H groups in total. The third kappa shape index (κ3) is 5.81. The number of carbonyl (C=O) groups excluding carboxylic acids is 2. The Hall–Kier alpha value is -2.48. The summed E-state index contributed by atoms with van der Waals surface area (Å²) in [5.74, 6) is 1.15. The molecule has 2 aliphatic heterocycles. The van der Waals surface area contributed by atoms with Gasteiger partial charge in [-0.2, -0.15) is 0 Å². The van der Waals surface area contributed by atoms with Crippen LogP contribution in [-0.4, -0.2) is 80.9 Å². The largest absolute Gasteiger partial charge is 0.497 e. The molecule has 172 valence electrons. The number of ether oxygens (including phenoxy) is 3. The van der Waals surface area contributed by atoms with E-state index in [-0.39, 0.29) is 24.0 Å². The maximum atomic E-state index is 13.1. The minimum absolute atomic E-state index is 0.0102. The van der Waals surface area contributed by atoms with E-state index in [1.165, 1.54) is 0 Å². The van der Waals surface area contributed by atoms with Crippen LogP contribution >= 0.6 is 0 Å². The minimum Gasteiger partial charge on any atom is -0.497 e. The van der Waals surface area contributed by atoms with Gasteiger partial charge in [0.15, 0.2) is 0 Å². The second kappa shape index (κ2) is 11.2. The lowest BCUT2D eigenvalue weighted by atomic mass is 9.97. The van der Waals surface area contributed by atoms with E-state index in [1.54, 1.807) is 32.4 Å². The summed E-state index contributed by atoms with van der Waals surface area (Å²) < 4.78 is 16.1. The minimum atomic E-state index is -0.0382. The van der Waals surface area contributed by atoms with E-state index in [0.29, 0.717) is 49.9 Å². The molecule has 0 aliphatic carbocycles. The number of nitrogens with one attached hydrogen (secondary N) is 1. The second-order valence-electron chi connectivity index (χ2n) is 8.11. The molecule has 2 aliphatic rings. The number of carbonyl (C=O) groups is 2. The van der Waals surface area contributed by atoms with Gasteiger partial charge in [-0.25, -0.2) is 4.79 Å². The summed E-state index contributed by atoms with van der Waals surface area (Å²) in [5, 5.41) is 3.05. The summed E-state index contributed by atoms with van der Waals surface area (Å²) in [6, 6.07) is 5.57. The number of hydrogen-bond donors (Lipinski definition) is 1. The molecule has 0 unspecified atom stereocenters. The van der Waals surface area contributed by atoms with Crippen LogP contribution < -0.4 is 14.8 Å². The molecular formula is C23H35N3O5. The van der Waals surface area contributed by atoms with Gasteiger partial charge in [0.2, 0.25) is 0 Å². The maximum Gasteiger partial charge on any atom is 0.317 e. The fourth-order valence-corrected chi connectivity index (χ4v) is 4.38. The van der Waals surface area contributed by atoms with Gasteiger partial charge < -0.3 is 29.3 Å². The van der Waals surface area contributed by atoms with Crippen LogP contribution in [0.5, 0.6) is 11.5 Å². The van der Waals surface area contributed by atoms with Crippen LogP contribution in [-0.2, 0) is 4.74 Å². The zero-order valence-corrected chi connectivity index (χ0v) is 18.9. The van der Waals surface area contributed by atoms with E-state index in [0.717, 1.165) is 32.1 Å².